The molecular formula is C31H42N8OS. The van der Waals surface area contributed by atoms with E-state index < -0.39 is 0 Å². The van der Waals surface area contributed by atoms with Crippen LogP contribution in [0, 0.1) is 6.92 Å². The first-order chi connectivity index (χ1) is 19.8. The molecule has 41 heavy (non-hydrogen) atoms. The van der Waals surface area contributed by atoms with E-state index in [1.165, 1.54) is 5.69 Å². The van der Waals surface area contributed by atoms with Crippen molar-refractivity contribution in [2.24, 2.45) is 0 Å². The number of thiazole rings is 1. The highest BCUT2D eigenvalue weighted by atomic mass is 32.1. The van der Waals surface area contributed by atoms with Gasteiger partial charge in [0.25, 0.3) is 5.56 Å². The summed E-state index contributed by atoms with van der Waals surface area (Å²) in [5, 5.41) is 5.26. The highest BCUT2D eigenvalue weighted by Gasteiger charge is 2.21. The molecule has 0 saturated carbocycles. The number of hydrogen-bond acceptors (Lipinski definition) is 9. The lowest BCUT2D eigenvalue weighted by Crippen LogP contribution is -2.44. The zero-order valence-electron chi connectivity index (χ0n) is 25.1. The van der Waals surface area contributed by atoms with Gasteiger partial charge in [0.05, 0.1) is 16.3 Å². The summed E-state index contributed by atoms with van der Waals surface area (Å²) in [6.45, 7) is 12.0. The van der Waals surface area contributed by atoms with Crippen LogP contribution in [0.25, 0.3) is 22.3 Å². The van der Waals surface area contributed by atoms with Crippen LogP contribution in [-0.2, 0) is 6.54 Å². The largest absolute Gasteiger partial charge is 0.369 e. The molecular weight excluding hydrogens is 532 g/mol. The lowest BCUT2D eigenvalue weighted by atomic mass is 10.0. The third kappa shape index (κ3) is 6.45. The van der Waals surface area contributed by atoms with Gasteiger partial charge in [0.1, 0.15) is 5.65 Å². The molecule has 0 radical (unpaired) electrons. The first-order valence-corrected chi connectivity index (χ1v) is 15.4. The molecule has 5 rings (SSSR count). The predicted molar refractivity (Wildman–Crippen MR) is 171 cm³/mol. The second-order valence-electron chi connectivity index (χ2n) is 11.2. The SMILES string of the molecule is CCC(CCN(C)C)c1nc(-c2cc3cnc(Nc4ccc(N5CCN(C)CC5)cc4)nc3n(CC)c2=O)c(C)s1. The fraction of sp³-hybridized carbons (Fsp3) is 0.484. The number of aromatic nitrogens is 4. The van der Waals surface area contributed by atoms with E-state index >= 15 is 0 Å². The zero-order valence-corrected chi connectivity index (χ0v) is 26.0. The first kappa shape index (κ1) is 29.2. The van der Waals surface area contributed by atoms with Gasteiger partial charge in [0.2, 0.25) is 5.95 Å². The highest BCUT2D eigenvalue weighted by Crippen LogP contribution is 2.34. The van der Waals surface area contributed by atoms with Gasteiger partial charge in [-0.1, -0.05) is 6.92 Å². The molecule has 0 spiro atoms. The van der Waals surface area contributed by atoms with E-state index in [4.69, 9.17) is 9.97 Å². The Hall–Kier alpha value is -3.34. The summed E-state index contributed by atoms with van der Waals surface area (Å²) in [5.74, 6) is 0.856. The van der Waals surface area contributed by atoms with Crippen molar-refractivity contribution >= 4 is 39.7 Å². The van der Waals surface area contributed by atoms with Crippen molar-refractivity contribution in [2.45, 2.75) is 46.1 Å². The quantitative estimate of drug-likeness (QED) is 0.277. The summed E-state index contributed by atoms with van der Waals surface area (Å²) < 4.78 is 1.73. The van der Waals surface area contributed by atoms with Crippen LogP contribution in [-0.4, -0.2) is 83.2 Å². The molecule has 1 unspecified atom stereocenters. The maximum absolute atomic E-state index is 13.7. The summed E-state index contributed by atoms with van der Waals surface area (Å²) in [4.78, 5) is 36.2. The number of pyridine rings is 1. The van der Waals surface area contributed by atoms with Crippen LogP contribution in [0.4, 0.5) is 17.3 Å². The standard InChI is InChI=1S/C31H42N8OS/c1-7-22(13-14-36(4)5)29-34-27(21(3)41-29)26-19-23-20-32-31(35-28(23)39(8-2)30(26)40)33-24-9-11-25(12-10-24)38-17-15-37(6)16-18-38/h9-12,19-20,22H,7-8,13-18H2,1-6H3,(H,32,33,35). The van der Waals surface area contributed by atoms with Gasteiger partial charge in [-0.3, -0.25) is 9.36 Å². The number of rotatable bonds is 10. The minimum absolute atomic E-state index is 0.0672. The van der Waals surface area contributed by atoms with Crippen LogP contribution < -0.4 is 15.8 Å². The predicted octanol–water partition coefficient (Wildman–Crippen LogP) is 5.18. The summed E-state index contributed by atoms with van der Waals surface area (Å²) in [6.07, 6.45) is 3.88. The van der Waals surface area contributed by atoms with Crippen LogP contribution in [0.3, 0.4) is 0 Å². The average molecular weight is 575 g/mol. The van der Waals surface area contributed by atoms with Crippen molar-refractivity contribution in [3.05, 3.63) is 56.8 Å². The number of piperazine rings is 1. The summed E-state index contributed by atoms with van der Waals surface area (Å²) in [5.41, 5.74) is 4.09. The van der Waals surface area contributed by atoms with E-state index in [-0.39, 0.29) is 5.56 Å². The van der Waals surface area contributed by atoms with Crippen LogP contribution in [0.15, 0.2) is 41.3 Å². The van der Waals surface area contributed by atoms with E-state index in [0.29, 0.717) is 29.6 Å². The third-order valence-corrected chi connectivity index (χ3v) is 9.10. The number of benzene rings is 1. The maximum atomic E-state index is 13.7. The Labute approximate surface area is 246 Å². The topological polar surface area (TPSA) is 82.4 Å². The normalized spacial score (nSPS) is 15.1. The van der Waals surface area contributed by atoms with E-state index in [2.05, 4.69) is 84.3 Å². The van der Waals surface area contributed by atoms with Crippen LogP contribution in [0.2, 0.25) is 0 Å². The van der Waals surface area contributed by atoms with Gasteiger partial charge in [-0.25, -0.2) is 9.97 Å². The van der Waals surface area contributed by atoms with Gasteiger partial charge in [0.15, 0.2) is 0 Å². The lowest BCUT2D eigenvalue weighted by Gasteiger charge is -2.34. The number of likely N-dealkylation sites (N-methyl/N-ethyl adjacent to an activating group) is 1. The Morgan fingerprint density at radius 2 is 1.80 bits per heavy atom. The molecule has 1 fully saturated rings. The Morgan fingerprint density at radius 3 is 2.46 bits per heavy atom. The molecule has 10 heteroatoms. The third-order valence-electron chi connectivity index (χ3n) is 7.97. The number of hydrogen-bond donors (Lipinski definition) is 1. The fourth-order valence-electron chi connectivity index (χ4n) is 5.39. The molecule has 1 aliphatic heterocycles. The number of nitrogens with one attached hydrogen (secondary N) is 1. The molecule has 218 valence electrons. The maximum Gasteiger partial charge on any atom is 0.261 e. The molecule has 4 heterocycles. The first-order valence-electron chi connectivity index (χ1n) is 14.6. The zero-order chi connectivity index (χ0) is 29.1. The molecule has 0 aliphatic carbocycles. The molecule has 0 amide bonds. The smallest absolute Gasteiger partial charge is 0.261 e. The fourth-order valence-corrected chi connectivity index (χ4v) is 6.54. The van der Waals surface area contributed by atoms with Gasteiger partial charge < -0.3 is 20.0 Å². The molecule has 9 nitrogen and oxygen atoms in total. The Balaban J connectivity index is 1.40. The number of anilines is 3. The Kier molecular flexibility index (Phi) is 9.01. The van der Waals surface area contributed by atoms with E-state index in [9.17, 15) is 4.79 Å². The summed E-state index contributed by atoms with van der Waals surface area (Å²) in [7, 11) is 6.36. The van der Waals surface area contributed by atoms with Gasteiger partial charge in [0, 0.05) is 66.5 Å². The van der Waals surface area contributed by atoms with Crippen molar-refractivity contribution in [1.29, 1.82) is 0 Å². The second kappa shape index (κ2) is 12.7. The summed E-state index contributed by atoms with van der Waals surface area (Å²) in [6, 6.07) is 10.3. The molecule has 1 saturated heterocycles. The van der Waals surface area contributed by atoms with Gasteiger partial charge in [-0.15, -0.1) is 11.3 Å². The molecule has 1 aromatic carbocycles. The second-order valence-corrected chi connectivity index (χ2v) is 12.4. The van der Waals surface area contributed by atoms with Gasteiger partial charge >= 0.3 is 0 Å². The van der Waals surface area contributed by atoms with Gasteiger partial charge in [-0.2, -0.15) is 4.98 Å². The molecule has 1 N–H and O–H groups in total. The van der Waals surface area contributed by atoms with Crippen LogP contribution in [0.5, 0.6) is 0 Å². The number of aryl methyl sites for hydroxylation is 2. The Bertz CT molecular complexity index is 1540. The summed E-state index contributed by atoms with van der Waals surface area (Å²) >= 11 is 1.71. The molecule has 4 aromatic rings. The van der Waals surface area contributed by atoms with Crippen molar-refractivity contribution in [2.75, 3.05) is 64.1 Å². The number of nitrogens with zero attached hydrogens (tertiary/aromatic N) is 7. The van der Waals surface area contributed by atoms with E-state index in [0.717, 1.165) is 72.2 Å². The van der Waals surface area contributed by atoms with Crippen molar-refractivity contribution in [3.63, 3.8) is 0 Å². The molecule has 1 atom stereocenters. The minimum atomic E-state index is -0.0672. The van der Waals surface area contributed by atoms with Gasteiger partial charge in [-0.05, 0) is 84.7 Å². The molecule has 1 aliphatic rings. The van der Waals surface area contributed by atoms with E-state index in [1.807, 2.05) is 13.0 Å². The Morgan fingerprint density at radius 1 is 1.07 bits per heavy atom. The monoisotopic (exact) mass is 574 g/mol. The van der Waals surface area contributed by atoms with Crippen molar-refractivity contribution < 1.29 is 0 Å². The van der Waals surface area contributed by atoms with Crippen molar-refractivity contribution in [1.82, 2.24) is 29.3 Å². The minimum Gasteiger partial charge on any atom is -0.369 e. The molecule has 0 bridgehead atoms. The number of fused-ring (bicyclic) bond motifs is 1. The highest BCUT2D eigenvalue weighted by molar-refractivity contribution is 7.12. The van der Waals surface area contributed by atoms with E-state index in [1.54, 1.807) is 22.1 Å². The van der Waals surface area contributed by atoms with Crippen LogP contribution in [0.1, 0.15) is 42.5 Å². The lowest BCUT2D eigenvalue weighted by molar-refractivity contribution is 0.313. The van der Waals surface area contributed by atoms with Crippen molar-refractivity contribution in [3.8, 4) is 11.3 Å². The molecule has 3 aromatic heterocycles. The van der Waals surface area contributed by atoms with Crippen LogP contribution >= 0.6 is 11.3 Å². The average Bonchev–Trinajstić information content (AvgIpc) is 3.34.